The van der Waals surface area contributed by atoms with Crippen molar-refractivity contribution in [1.29, 1.82) is 0 Å². The smallest absolute Gasteiger partial charge is 0.328 e. The molecule has 2 aliphatic rings. The summed E-state index contributed by atoms with van der Waals surface area (Å²) in [6, 6.07) is 24.1. The Morgan fingerprint density at radius 3 is 2.54 bits per heavy atom. The zero-order valence-corrected chi connectivity index (χ0v) is 37.2. The van der Waals surface area contributed by atoms with Crippen LogP contribution in [0.25, 0.3) is 11.1 Å². The van der Waals surface area contributed by atoms with Crippen LogP contribution in [-0.4, -0.2) is 57.8 Å². The Hall–Kier alpha value is -5.59. The molecule has 8 rings (SSSR count). The van der Waals surface area contributed by atoms with Crippen molar-refractivity contribution in [2.45, 2.75) is 77.2 Å². The van der Waals surface area contributed by atoms with Gasteiger partial charge < -0.3 is 19.5 Å². The lowest BCUT2D eigenvalue weighted by Gasteiger charge is -2.36. The Bertz CT molecular complexity index is 2670. The molecule has 2 aromatic heterocycles. The molecule has 0 saturated carbocycles. The normalized spacial score (nSPS) is 16.5. The molecular formula is C49H45Cl3FN5O5. The van der Waals surface area contributed by atoms with Crippen molar-refractivity contribution < 1.29 is 28.2 Å². The van der Waals surface area contributed by atoms with Gasteiger partial charge in [-0.2, -0.15) is 10.2 Å². The summed E-state index contributed by atoms with van der Waals surface area (Å²) in [5.41, 5.74) is 9.93. The molecule has 63 heavy (non-hydrogen) atoms. The number of benzene rings is 4. The van der Waals surface area contributed by atoms with Crippen LogP contribution in [0.2, 0.25) is 15.1 Å². The van der Waals surface area contributed by atoms with Gasteiger partial charge in [0.1, 0.15) is 18.4 Å². The van der Waals surface area contributed by atoms with Crippen molar-refractivity contribution >= 4 is 46.7 Å². The maximum absolute atomic E-state index is 15.5. The summed E-state index contributed by atoms with van der Waals surface area (Å²) in [4.78, 5) is 34.1. The van der Waals surface area contributed by atoms with Crippen molar-refractivity contribution in [1.82, 2.24) is 25.4 Å². The number of methoxy groups -OCH3 is 1. The van der Waals surface area contributed by atoms with Crippen LogP contribution < -0.4 is 14.8 Å². The van der Waals surface area contributed by atoms with E-state index >= 15 is 4.39 Å². The summed E-state index contributed by atoms with van der Waals surface area (Å²) >= 11 is 19.0. The molecule has 1 unspecified atom stereocenters. The van der Waals surface area contributed by atoms with Gasteiger partial charge in [0.25, 0.3) is 0 Å². The van der Waals surface area contributed by atoms with E-state index in [0.717, 1.165) is 56.0 Å². The van der Waals surface area contributed by atoms with E-state index < -0.39 is 23.9 Å². The first kappa shape index (κ1) is 44.0. The van der Waals surface area contributed by atoms with Gasteiger partial charge >= 0.3 is 5.97 Å². The maximum Gasteiger partial charge on any atom is 0.328 e. The number of nitrogens with one attached hydrogen (secondary N) is 1. The molecular weight excluding hydrogens is 864 g/mol. The number of esters is 1. The second kappa shape index (κ2) is 19.4. The Kier molecular flexibility index (Phi) is 13.6. The fourth-order valence-corrected chi connectivity index (χ4v) is 8.94. The van der Waals surface area contributed by atoms with E-state index in [1.807, 2.05) is 67.3 Å². The van der Waals surface area contributed by atoms with Gasteiger partial charge in [-0.05, 0) is 144 Å². The van der Waals surface area contributed by atoms with Crippen LogP contribution in [0.5, 0.6) is 11.5 Å². The maximum atomic E-state index is 15.5. The summed E-state index contributed by atoms with van der Waals surface area (Å²) in [7, 11) is 1.30. The molecule has 4 heterocycles. The highest BCUT2D eigenvalue weighted by molar-refractivity contribution is 6.42. The Morgan fingerprint density at radius 2 is 1.78 bits per heavy atom. The monoisotopic (exact) mass is 907 g/mol. The highest BCUT2D eigenvalue weighted by atomic mass is 35.5. The van der Waals surface area contributed by atoms with Gasteiger partial charge in [-0.1, -0.05) is 65.1 Å². The van der Waals surface area contributed by atoms with Gasteiger partial charge in [0.05, 0.1) is 35.5 Å². The van der Waals surface area contributed by atoms with E-state index in [1.54, 1.807) is 42.7 Å². The standard InChI is InChI=1S/C49H45Cl3FN5O5/c1-28-29(2)54-15-12-39(28)33-7-8-34(41(51)20-33)22-44(49(60)61-3)56-48(59)45-23-35-24-47-36(19-37(35)25-58(45)26-38-5-4-14-55-57-38)18-32(13-16-62-47)31-9-11-46(43(53)21-31)63-27-30-6-10-40(50)42(52)17-30/h4-12,14-15,17,19-21,24,32,44-45H,13,16,18,22-23,25-27H2,1-3H3,(H,56,59)/t32?,44-,45-/m0/s1. The summed E-state index contributed by atoms with van der Waals surface area (Å²) in [6.07, 6.45) is 5.16. The lowest BCUT2D eigenvalue weighted by atomic mass is 9.86. The van der Waals surface area contributed by atoms with Crippen molar-refractivity contribution in [3.8, 4) is 22.6 Å². The number of carbonyl (C=O) groups is 2. The minimum atomic E-state index is -1.00. The summed E-state index contributed by atoms with van der Waals surface area (Å²) < 4.78 is 32.8. The van der Waals surface area contributed by atoms with E-state index in [1.165, 1.54) is 7.11 Å². The van der Waals surface area contributed by atoms with Gasteiger partial charge in [0, 0.05) is 42.6 Å². The molecule has 6 aromatic rings. The zero-order valence-electron chi connectivity index (χ0n) is 35.0. The molecule has 0 bridgehead atoms. The third kappa shape index (κ3) is 10.1. The minimum absolute atomic E-state index is 0.00958. The lowest BCUT2D eigenvalue weighted by Crippen LogP contribution is -2.54. The molecule has 0 spiro atoms. The molecule has 14 heteroatoms. The first-order valence-corrected chi connectivity index (χ1v) is 21.8. The van der Waals surface area contributed by atoms with E-state index in [-0.39, 0.29) is 30.6 Å². The predicted octanol–water partition coefficient (Wildman–Crippen LogP) is 9.77. The highest BCUT2D eigenvalue weighted by Gasteiger charge is 2.36. The Labute approximate surface area is 380 Å². The summed E-state index contributed by atoms with van der Waals surface area (Å²) in [5.74, 6) is -0.494. The number of hydrogen-bond donors (Lipinski definition) is 1. The third-order valence-corrected chi connectivity index (χ3v) is 13.0. The summed E-state index contributed by atoms with van der Waals surface area (Å²) in [6.45, 7) is 5.31. The number of hydrogen-bond acceptors (Lipinski definition) is 9. The second-order valence-corrected chi connectivity index (χ2v) is 17.2. The average molecular weight is 909 g/mol. The topological polar surface area (TPSA) is 116 Å². The predicted molar refractivity (Wildman–Crippen MR) is 241 cm³/mol. The molecule has 2 aliphatic heterocycles. The van der Waals surface area contributed by atoms with Crippen LogP contribution in [0.15, 0.2) is 97.3 Å². The number of aromatic nitrogens is 3. The van der Waals surface area contributed by atoms with Crippen LogP contribution in [0.4, 0.5) is 4.39 Å². The van der Waals surface area contributed by atoms with Gasteiger partial charge in [0.15, 0.2) is 11.6 Å². The number of carbonyl (C=O) groups excluding carboxylic acids is 2. The van der Waals surface area contributed by atoms with E-state index in [4.69, 9.17) is 49.0 Å². The third-order valence-electron chi connectivity index (χ3n) is 11.9. The largest absolute Gasteiger partial charge is 0.493 e. The molecule has 3 atom stereocenters. The van der Waals surface area contributed by atoms with Crippen molar-refractivity contribution in [2.24, 2.45) is 0 Å². The Balaban J connectivity index is 1.01. The number of amides is 1. The lowest BCUT2D eigenvalue weighted by molar-refractivity contribution is -0.146. The van der Waals surface area contributed by atoms with Crippen LogP contribution in [-0.2, 0) is 53.3 Å². The summed E-state index contributed by atoms with van der Waals surface area (Å²) in [5, 5.41) is 12.7. The van der Waals surface area contributed by atoms with Crippen LogP contribution in [0, 0.1) is 19.7 Å². The van der Waals surface area contributed by atoms with Crippen LogP contribution in [0.3, 0.4) is 0 Å². The highest BCUT2D eigenvalue weighted by Crippen LogP contribution is 2.38. The fourth-order valence-electron chi connectivity index (χ4n) is 8.36. The SMILES string of the molecule is COC(=O)[C@H](Cc1ccc(-c2ccnc(C)c2C)cc1Cl)NC(=O)[C@@H]1Cc2cc3c(cc2CN1Cc1cccnn1)CC(c1ccc(OCc2ccc(Cl)c(Cl)c2)c(F)c1)CCO3. The molecule has 1 N–H and O–H groups in total. The van der Waals surface area contributed by atoms with Crippen molar-refractivity contribution in [2.75, 3.05) is 13.7 Å². The number of pyridine rings is 1. The van der Waals surface area contributed by atoms with Gasteiger partial charge in [-0.25, -0.2) is 9.18 Å². The number of fused-ring (bicyclic) bond motifs is 2. The van der Waals surface area contributed by atoms with E-state index in [2.05, 4.69) is 26.6 Å². The number of rotatable bonds is 12. The van der Waals surface area contributed by atoms with E-state index in [9.17, 15) is 9.59 Å². The van der Waals surface area contributed by atoms with Crippen LogP contribution in [0.1, 0.15) is 62.7 Å². The molecule has 1 amide bonds. The molecule has 0 aliphatic carbocycles. The molecule has 0 radical (unpaired) electrons. The molecule has 0 fully saturated rings. The number of nitrogens with zero attached hydrogens (tertiary/aromatic N) is 4. The molecule has 0 saturated heterocycles. The molecule has 324 valence electrons. The number of ether oxygens (including phenoxy) is 3. The first-order valence-electron chi connectivity index (χ1n) is 20.7. The van der Waals surface area contributed by atoms with Gasteiger partial charge in [0.2, 0.25) is 5.91 Å². The van der Waals surface area contributed by atoms with Crippen molar-refractivity contribution in [3.63, 3.8) is 0 Å². The van der Waals surface area contributed by atoms with Gasteiger partial charge in [-0.15, -0.1) is 0 Å². The van der Waals surface area contributed by atoms with E-state index in [0.29, 0.717) is 65.3 Å². The zero-order chi connectivity index (χ0) is 44.2. The average Bonchev–Trinajstić information content (AvgIpc) is 3.49. The molecule has 4 aromatic carbocycles. The molecule has 10 nitrogen and oxygen atoms in total. The number of halogens is 4. The quantitative estimate of drug-likeness (QED) is 0.120. The second-order valence-electron chi connectivity index (χ2n) is 16.0. The first-order chi connectivity index (χ1) is 30.4. The minimum Gasteiger partial charge on any atom is -0.493 e. The fraction of sp³-hybridized carbons (Fsp3) is 0.286. The number of aryl methyl sites for hydroxylation is 1. The van der Waals surface area contributed by atoms with Gasteiger partial charge in [-0.3, -0.25) is 14.7 Å². The Morgan fingerprint density at radius 1 is 0.921 bits per heavy atom. The van der Waals surface area contributed by atoms with Crippen LogP contribution >= 0.6 is 34.8 Å². The van der Waals surface area contributed by atoms with Crippen molar-refractivity contribution in [3.05, 3.63) is 169 Å².